The zero-order chi connectivity index (χ0) is 23.0. The second kappa shape index (κ2) is 10.4. The summed E-state index contributed by atoms with van der Waals surface area (Å²) >= 11 is 0. The number of nitrogens with zero attached hydrogens (tertiary/aromatic N) is 1. The molecule has 11 nitrogen and oxygen atoms in total. The molecule has 0 bridgehead atoms. The zero-order valence-corrected chi connectivity index (χ0v) is 17.6. The fourth-order valence-corrected chi connectivity index (χ4v) is 3.55. The summed E-state index contributed by atoms with van der Waals surface area (Å²) in [7, 11) is -2.81. The van der Waals surface area contributed by atoms with Crippen LogP contribution in [-0.2, 0) is 19.6 Å². The van der Waals surface area contributed by atoms with Crippen LogP contribution >= 0.6 is 0 Å². The van der Waals surface area contributed by atoms with Crippen molar-refractivity contribution in [2.75, 3.05) is 25.0 Å². The Hall–Kier alpha value is -3.67. The molecule has 0 aliphatic rings. The van der Waals surface area contributed by atoms with E-state index < -0.39 is 26.8 Å². The fourth-order valence-electron chi connectivity index (χ4n) is 2.49. The van der Waals surface area contributed by atoms with Gasteiger partial charge in [-0.2, -0.15) is 0 Å². The molecule has 0 heterocycles. The van der Waals surface area contributed by atoms with Crippen LogP contribution in [0.4, 0.5) is 11.4 Å². The van der Waals surface area contributed by atoms with Crippen LogP contribution in [0.2, 0.25) is 0 Å². The summed E-state index contributed by atoms with van der Waals surface area (Å²) in [6, 6.07) is 8.55. The molecule has 0 atom stereocenters. The molecule has 2 aromatic rings. The van der Waals surface area contributed by atoms with Gasteiger partial charge in [0.15, 0.2) is 0 Å². The molecule has 2 aromatic carbocycles. The van der Waals surface area contributed by atoms with Gasteiger partial charge in [0.05, 0.1) is 35.6 Å². The molecule has 166 valence electrons. The highest BCUT2D eigenvalue weighted by Crippen LogP contribution is 2.30. The molecule has 31 heavy (non-hydrogen) atoms. The van der Waals surface area contributed by atoms with Gasteiger partial charge < -0.3 is 14.8 Å². The molecule has 2 N–H and O–H groups in total. The van der Waals surface area contributed by atoms with E-state index in [2.05, 4.69) is 10.0 Å². The number of esters is 1. The first-order valence-corrected chi connectivity index (χ1v) is 10.6. The predicted octanol–water partition coefficient (Wildman–Crippen LogP) is 2.09. The van der Waals surface area contributed by atoms with Gasteiger partial charge in [0.2, 0.25) is 0 Å². The Balaban J connectivity index is 2.11. The molecule has 0 aliphatic carbocycles. The van der Waals surface area contributed by atoms with E-state index in [4.69, 9.17) is 9.47 Å². The molecule has 0 radical (unpaired) electrons. The van der Waals surface area contributed by atoms with Crippen molar-refractivity contribution in [3.8, 4) is 5.75 Å². The molecule has 12 heteroatoms. The summed E-state index contributed by atoms with van der Waals surface area (Å²) in [5.41, 5.74) is -0.221. The number of carbonyl (C=O) groups excluding carboxylic acids is 2. The lowest BCUT2D eigenvalue weighted by Gasteiger charge is -2.12. The average molecular weight is 451 g/mol. The van der Waals surface area contributed by atoms with Gasteiger partial charge in [-0.25, -0.2) is 8.42 Å². The first-order chi connectivity index (χ1) is 14.7. The normalized spacial score (nSPS) is 10.8. The number of amides is 1. The molecule has 0 spiro atoms. The number of nitro benzene ring substituents is 1. The van der Waals surface area contributed by atoms with E-state index in [1.54, 1.807) is 6.92 Å². The van der Waals surface area contributed by atoms with E-state index in [9.17, 15) is 28.1 Å². The highest BCUT2D eigenvalue weighted by atomic mass is 32.2. The van der Waals surface area contributed by atoms with Gasteiger partial charge in [0.25, 0.3) is 21.6 Å². The van der Waals surface area contributed by atoms with Gasteiger partial charge in [-0.05, 0) is 37.3 Å². The summed E-state index contributed by atoms with van der Waals surface area (Å²) in [6.07, 6.45) is 0.0149. The van der Waals surface area contributed by atoms with Crippen molar-refractivity contribution >= 4 is 33.3 Å². The molecule has 1 amide bonds. The number of nitro groups is 1. The van der Waals surface area contributed by atoms with E-state index in [1.165, 1.54) is 43.5 Å². The number of hydrogen-bond acceptors (Lipinski definition) is 8. The summed E-state index contributed by atoms with van der Waals surface area (Å²) in [4.78, 5) is 33.5. The number of hydrogen-bond donors (Lipinski definition) is 2. The van der Waals surface area contributed by atoms with E-state index in [-0.39, 0.29) is 47.2 Å². The van der Waals surface area contributed by atoms with Crippen molar-refractivity contribution in [2.45, 2.75) is 18.2 Å². The van der Waals surface area contributed by atoms with Gasteiger partial charge in [-0.3, -0.25) is 24.4 Å². The predicted molar refractivity (Wildman–Crippen MR) is 110 cm³/mol. The summed E-state index contributed by atoms with van der Waals surface area (Å²) in [5.74, 6) is -0.819. The smallest absolute Gasteiger partial charge is 0.307 e. The lowest BCUT2D eigenvalue weighted by atomic mass is 10.2. The molecule has 0 aliphatic heterocycles. The Bertz CT molecular complexity index is 1070. The maximum atomic E-state index is 12.7. The van der Waals surface area contributed by atoms with Crippen LogP contribution in [0.1, 0.15) is 23.7 Å². The minimum Gasteiger partial charge on any atom is -0.495 e. The minimum atomic E-state index is -4.11. The maximum absolute atomic E-state index is 12.7. The number of sulfonamides is 1. The Morgan fingerprint density at radius 2 is 1.81 bits per heavy atom. The van der Waals surface area contributed by atoms with Crippen molar-refractivity contribution in [2.24, 2.45) is 0 Å². The Labute approximate surface area is 178 Å². The van der Waals surface area contributed by atoms with E-state index in [0.717, 1.165) is 6.07 Å². The van der Waals surface area contributed by atoms with Gasteiger partial charge >= 0.3 is 5.97 Å². The van der Waals surface area contributed by atoms with Gasteiger partial charge in [0, 0.05) is 24.2 Å². The molecule has 0 saturated heterocycles. The van der Waals surface area contributed by atoms with E-state index in [0.29, 0.717) is 0 Å². The zero-order valence-electron chi connectivity index (χ0n) is 16.8. The SMILES string of the molecule is CCOC(=O)CCNC(=O)c1ccc(S(=O)(=O)Nc2cc([N+](=O)[O-])ccc2OC)cc1. The number of carbonyl (C=O) groups is 2. The Morgan fingerprint density at radius 1 is 1.13 bits per heavy atom. The van der Waals surface area contributed by atoms with Crippen molar-refractivity contribution in [3.05, 3.63) is 58.1 Å². The standard InChI is InChI=1S/C19H21N3O8S/c1-3-30-18(23)10-11-20-19(24)13-4-7-15(8-5-13)31(27,28)21-16-12-14(22(25)26)6-9-17(16)29-2/h4-9,12,21H,3,10-11H2,1-2H3,(H,20,24). The number of ether oxygens (including phenoxy) is 2. The number of non-ortho nitro benzene ring substituents is 1. The first-order valence-electron chi connectivity index (χ1n) is 9.07. The number of nitrogens with one attached hydrogen (secondary N) is 2. The lowest BCUT2D eigenvalue weighted by Crippen LogP contribution is -2.26. The highest BCUT2D eigenvalue weighted by Gasteiger charge is 2.20. The number of methoxy groups -OCH3 is 1. The summed E-state index contributed by atoms with van der Waals surface area (Å²) in [6.45, 7) is 2.00. The number of benzene rings is 2. The van der Waals surface area contributed by atoms with Gasteiger partial charge in [-0.15, -0.1) is 0 Å². The van der Waals surface area contributed by atoms with E-state index in [1.807, 2.05) is 0 Å². The van der Waals surface area contributed by atoms with Crippen LogP contribution < -0.4 is 14.8 Å². The van der Waals surface area contributed by atoms with Crippen molar-refractivity contribution < 1.29 is 32.4 Å². The molecule has 0 saturated carbocycles. The second-order valence-corrected chi connectivity index (χ2v) is 7.76. The van der Waals surface area contributed by atoms with Crippen molar-refractivity contribution in [1.29, 1.82) is 0 Å². The quantitative estimate of drug-likeness (QED) is 0.316. The minimum absolute atomic E-state index is 0.0149. The monoisotopic (exact) mass is 451 g/mol. The third kappa shape index (κ3) is 6.40. The third-order valence-electron chi connectivity index (χ3n) is 3.99. The van der Waals surface area contributed by atoms with Crippen LogP contribution in [0.25, 0.3) is 0 Å². The molecule has 0 fully saturated rings. The molecule has 2 rings (SSSR count). The van der Waals surface area contributed by atoms with Gasteiger partial charge in [0.1, 0.15) is 5.75 Å². The van der Waals surface area contributed by atoms with Crippen molar-refractivity contribution in [3.63, 3.8) is 0 Å². The van der Waals surface area contributed by atoms with Crippen molar-refractivity contribution in [1.82, 2.24) is 5.32 Å². The van der Waals surface area contributed by atoms with E-state index >= 15 is 0 Å². The highest BCUT2D eigenvalue weighted by molar-refractivity contribution is 7.92. The maximum Gasteiger partial charge on any atom is 0.307 e. The van der Waals surface area contributed by atoms with Gasteiger partial charge in [-0.1, -0.05) is 0 Å². The van der Waals surface area contributed by atoms with Crippen LogP contribution in [0.5, 0.6) is 5.75 Å². The fraction of sp³-hybridized carbons (Fsp3) is 0.263. The molecule has 0 aromatic heterocycles. The molecular formula is C19H21N3O8S. The Morgan fingerprint density at radius 3 is 2.39 bits per heavy atom. The average Bonchev–Trinajstić information content (AvgIpc) is 2.73. The van der Waals surface area contributed by atoms with Crippen LogP contribution in [0, 0.1) is 10.1 Å². The van der Waals surface area contributed by atoms with Crippen LogP contribution in [0.15, 0.2) is 47.4 Å². The topological polar surface area (TPSA) is 154 Å². The number of anilines is 1. The second-order valence-electron chi connectivity index (χ2n) is 6.08. The number of rotatable bonds is 10. The largest absolute Gasteiger partial charge is 0.495 e. The lowest BCUT2D eigenvalue weighted by molar-refractivity contribution is -0.384. The molecular weight excluding hydrogens is 430 g/mol. The first kappa shape index (κ1) is 23.6. The molecule has 0 unspecified atom stereocenters. The summed E-state index contributed by atoms with van der Waals surface area (Å²) in [5, 5.41) is 13.5. The Kier molecular flexibility index (Phi) is 7.91. The van der Waals surface area contributed by atoms with Crippen LogP contribution in [0.3, 0.4) is 0 Å². The van der Waals surface area contributed by atoms with Crippen LogP contribution in [-0.4, -0.2) is 45.5 Å². The third-order valence-corrected chi connectivity index (χ3v) is 5.37. The summed E-state index contributed by atoms with van der Waals surface area (Å²) < 4.78 is 37.4.